The highest BCUT2D eigenvalue weighted by molar-refractivity contribution is 6.74. The molecule has 1 rings (SSSR count). The molecule has 0 aromatic heterocycles. The van der Waals surface area contributed by atoms with E-state index in [1.807, 2.05) is 36.4 Å². The molecule has 0 aliphatic heterocycles. The Morgan fingerprint density at radius 3 is 2.32 bits per heavy atom. The first-order valence-electron chi connectivity index (χ1n) is 6.64. The highest BCUT2D eigenvalue weighted by Gasteiger charge is 2.36. The van der Waals surface area contributed by atoms with Crippen LogP contribution in [0, 0.1) is 0 Å². The van der Waals surface area contributed by atoms with Gasteiger partial charge in [0.25, 0.3) is 0 Å². The summed E-state index contributed by atoms with van der Waals surface area (Å²) in [5.41, 5.74) is 0.714. The number of allylic oxidation sites excluding steroid dienone is 1. The van der Waals surface area contributed by atoms with E-state index in [1.54, 1.807) is 6.08 Å². The van der Waals surface area contributed by atoms with E-state index < -0.39 is 8.32 Å². The molecular weight excluding hydrogens is 252 g/mol. The van der Waals surface area contributed by atoms with Gasteiger partial charge in [0.15, 0.2) is 14.1 Å². The Balaban J connectivity index is 2.50. The van der Waals surface area contributed by atoms with Gasteiger partial charge < -0.3 is 4.43 Å². The van der Waals surface area contributed by atoms with Crippen molar-refractivity contribution >= 4 is 14.1 Å². The third kappa shape index (κ3) is 4.77. The Morgan fingerprint density at radius 1 is 1.21 bits per heavy atom. The maximum Gasteiger partial charge on any atom is 0.192 e. The minimum absolute atomic E-state index is 0.0273. The fraction of sp³-hybridized carbons (Fsp3) is 0.438. The number of rotatable bonds is 5. The summed E-state index contributed by atoms with van der Waals surface area (Å²) in [7, 11) is -1.72. The van der Waals surface area contributed by atoms with Gasteiger partial charge in [-0.2, -0.15) is 0 Å². The summed E-state index contributed by atoms with van der Waals surface area (Å²) in [6.07, 6.45) is 3.41. The predicted octanol–water partition coefficient (Wildman–Crippen LogP) is 4.45. The van der Waals surface area contributed by atoms with Crippen molar-refractivity contribution in [1.82, 2.24) is 0 Å². The summed E-state index contributed by atoms with van der Waals surface area (Å²) < 4.78 is 5.98. The smallest absolute Gasteiger partial charge is 0.192 e. The van der Waals surface area contributed by atoms with E-state index in [2.05, 4.69) is 33.9 Å². The maximum absolute atomic E-state index is 11.8. The lowest BCUT2D eigenvalue weighted by Gasteiger charge is -2.35. The van der Waals surface area contributed by atoms with Gasteiger partial charge in [0, 0.05) is 5.56 Å². The average Bonchev–Trinajstić information content (AvgIpc) is 2.34. The largest absolute Gasteiger partial charge is 0.413 e. The van der Waals surface area contributed by atoms with Crippen molar-refractivity contribution in [2.24, 2.45) is 0 Å². The van der Waals surface area contributed by atoms with Gasteiger partial charge in [0.05, 0.1) is 6.61 Å². The third-order valence-corrected chi connectivity index (χ3v) is 8.17. The Morgan fingerprint density at radius 2 is 1.79 bits per heavy atom. The molecule has 19 heavy (non-hydrogen) atoms. The molecule has 0 bridgehead atoms. The Kier molecular flexibility index (Phi) is 5.26. The maximum atomic E-state index is 11.8. The molecule has 1 aromatic carbocycles. The zero-order valence-corrected chi connectivity index (χ0v) is 13.6. The van der Waals surface area contributed by atoms with Gasteiger partial charge in [-0.25, -0.2) is 0 Å². The van der Waals surface area contributed by atoms with Crippen LogP contribution >= 0.6 is 0 Å². The van der Waals surface area contributed by atoms with Gasteiger partial charge >= 0.3 is 0 Å². The van der Waals surface area contributed by atoms with E-state index in [1.165, 1.54) is 0 Å². The summed E-state index contributed by atoms with van der Waals surface area (Å²) in [6.45, 7) is 11.5. The van der Waals surface area contributed by atoms with E-state index in [0.29, 0.717) is 12.2 Å². The van der Waals surface area contributed by atoms with Crippen LogP contribution in [0.4, 0.5) is 0 Å². The van der Waals surface area contributed by atoms with Crippen LogP contribution in [0.5, 0.6) is 0 Å². The lowest BCUT2D eigenvalue weighted by atomic mass is 10.1. The molecule has 104 valence electrons. The van der Waals surface area contributed by atoms with Gasteiger partial charge in [-0.3, -0.25) is 4.79 Å². The van der Waals surface area contributed by atoms with Gasteiger partial charge in [0.2, 0.25) is 0 Å². The van der Waals surface area contributed by atoms with E-state index in [0.717, 1.165) is 0 Å². The van der Waals surface area contributed by atoms with Crippen LogP contribution in [0.3, 0.4) is 0 Å². The standard InChI is InChI=1S/C16H24O2Si/c1-16(2,3)19(4,5)18-13-9-12-15(17)14-10-7-6-8-11-14/h6-12H,13H2,1-5H3/b12-9+. The fourth-order valence-electron chi connectivity index (χ4n) is 1.33. The Bertz CT molecular complexity index is 442. The molecule has 0 spiro atoms. The SMILES string of the molecule is CC(C)(C)[Si](C)(C)OC/C=C/C(=O)c1ccccc1. The number of benzene rings is 1. The monoisotopic (exact) mass is 276 g/mol. The fourth-order valence-corrected chi connectivity index (χ4v) is 2.27. The number of carbonyl (C=O) groups is 1. The van der Waals surface area contributed by atoms with Crippen LogP contribution in [0.25, 0.3) is 0 Å². The second-order valence-corrected chi connectivity index (χ2v) is 11.0. The molecule has 0 saturated heterocycles. The molecule has 0 atom stereocenters. The Labute approximate surface area is 117 Å². The molecule has 0 heterocycles. The number of hydrogen-bond donors (Lipinski definition) is 0. The molecule has 0 fully saturated rings. The zero-order valence-electron chi connectivity index (χ0n) is 12.6. The van der Waals surface area contributed by atoms with Crippen molar-refractivity contribution in [2.75, 3.05) is 6.61 Å². The minimum atomic E-state index is -1.72. The third-order valence-electron chi connectivity index (χ3n) is 3.67. The summed E-state index contributed by atoms with van der Waals surface area (Å²) in [4.78, 5) is 11.8. The van der Waals surface area contributed by atoms with Crippen LogP contribution in [-0.4, -0.2) is 20.7 Å². The number of hydrogen-bond acceptors (Lipinski definition) is 2. The summed E-state index contributed by atoms with van der Waals surface area (Å²) in [6, 6.07) is 9.28. The first kappa shape index (κ1) is 15.9. The molecular formula is C16H24O2Si. The second kappa shape index (κ2) is 6.31. The van der Waals surface area contributed by atoms with Gasteiger partial charge in [0.1, 0.15) is 0 Å². The molecule has 0 amide bonds. The molecule has 0 aliphatic carbocycles. The van der Waals surface area contributed by atoms with E-state index in [4.69, 9.17) is 4.43 Å². The van der Waals surface area contributed by atoms with Crippen molar-refractivity contribution < 1.29 is 9.22 Å². The van der Waals surface area contributed by atoms with Crippen LogP contribution in [0.15, 0.2) is 42.5 Å². The predicted molar refractivity (Wildman–Crippen MR) is 83.1 cm³/mol. The van der Waals surface area contributed by atoms with E-state index in [9.17, 15) is 4.79 Å². The second-order valence-electron chi connectivity index (χ2n) is 6.20. The molecule has 1 aromatic rings. The molecule has 0 aliphatic rings. The zero-order chi connectivity index (χ0) is 14.5. The number of carbonyl (C=O) groups excluding carboxylic acids is 1. The highest BCUT2D eigenvalue weighted by atomic mass is 28.4. The van der Waals surface area contributed by atoms with Crippen molar-refractivity contribution in [1.29, 1.82) is 0 Å². The number of ketones is 1. The van der Waals surface area contributed by atoms with Crippen LogP contribution < -0.4 is 0 Å². The quantitative estimate of drug-likeness (QED) is 0.451. The van der Waals surface area contributed by atoms with Crippen LogP contribution in [0.2, 0.25) is 18.1 Å². The average molecular weight is 276 g/mol. The molecule has 0 radical (unpaired) electrons. The first-order valence-corrected chi connectivity index (χ1v) is 9.55. The summed E-state index contributed by atoms with van der Waals surface area (Å²) >= 11 is 0. The molecule has 3 heteroatoms. The van der Waals surface area contributed by atoms with E-state index in [-0.39, 0.29) is 10.8 Å². The topological polar surface area (TPSA) is 26.3 Å². The van der Waals surface area contributed by atoms with Gasteiger partial charge in [-0.15, -0.1) is 0 Å². The Hall–Kier alpha value is -1.19. The molecule has 0 N–H and O–H groups in total. The minimum Gasteiger partial charge on any atom is -0.413 e. The van der Waals surface area contributed by atoms with Crippen molar-refractivity contribution in [3.63, 3.8) is 0 Å². The molecule has 0 saturated carbocycles. The lowest BCUT2D eigenvalue weighted by molar-refractivity contribution is 0.104. The molecule has 0 unspecified atom stereocenters. The van der Waals surface area contributed by atoms with Crippen LogP contribution in [0.1, 0.15) is 31.1 Å². The normalized spacial score (nSPS) is 12.9. The van der Waals surface area contributed by atoms with Crippen molar-refractivity contribution in [3.05, 3.63) is 48.0 Å². The first-order chi connectivity index (χ1) is 8.74. The van der Waals surface area contributed by atoms with E-state index >= 15 is 0 Å². The highest BCUT2D eigenvalue weighted by Crippen LogP contribution is 2.36. The summed E-state index contributed by atoms with van der Waals surface area (Å²) in [5, 5.41) is 0.199. The summed E-state index contributed by atoms with van der Waals surface area (Å²) in [5.74, 6) is 0.0273. The van der Waals surface area contributed by atoms with Gasteiger partial charge in [-0.05, 0) is 24.2 Å². The van der Waals surface area contributed by atoms with Crippen molar-refractivity contribution in [3.8, 4) is 0 Å². The molecule has 2 nitrogen and oxygen atoms in total. The van der Waals surface area contributed by atoms with Crippen molar-refractivity contribution in [2.45, 2.75) is 38.9 Å². The lowest BCUT2D eigenvalue weighted by Crippen LogP contribution is -2.40. The van der Waals surface area contributed by atoms with Gasteiger partial charge in [-0.1, -0.05) is 57.2 Å². The van der Waals surface area contributed by atoms with Crippen LogP contribution in [-0.2, 0) is 4.43 Å².